The molecule has 4 N–H and O–H groups in total. The highest BCUT2D eigenvalue weighted by atomic mass is 31.2. The number of aromatic nitrogens is 3. The molecule has 0 unspecified atom stereocenters. The van der Waals surface area contributed by atoms with Crippen molar-refractivity contribution in [1.82, 2.24) is 14.5 Å². The molecule has 2 rings (SSSR count). The van der Waals surface area contributed by atoms with Crippen molar-refractivity contribution in [3.8, 4) is 0 Å². The van der Waals surface area contributed by atoms with Gasteiger partial charge >= 0.3 is 5.69 Å². The molecule has 0 amide bonds. The van der Waals surface area contributed by atoms with Gasteiger partial charge in [-0.25, -0.2) is 9.78 Å². The molecule has 2 heterocycles. The van der Waals surface area contributed by atoms with E-state index in [1.807, 2.05) is 0 Å². The number of rotatable bonds is 4. The standard InChI is InChI=1S/C12H21N4O4P/c1-21(2,3)5-4-7-8(17)9(18)10(20-7)16-6-14-11(13)15-12(16)19/h6-10,17-18H,1,4-5H2,2-3H3,(H2,13,15,19)/t7-,8-,9-,10-/m1/s1. The molecule has 1 aliphatic heterocycles. The number of hydrogen-bond acceptors (Lipinski definition) is 7. The van der Waals surface area contributed by atoms with Crippen LogP contribution in [0.4, 0.5) is 5.95 Å². The number of aliphatic hydroxyl groups is 2. The van der Waals surface area contributed by atoms with Crippen LogP contribution in [-0.4, -0.2) is 68.9 Å². The monoisotopic (exact) mass is 316 g/mol. The van der Waals surface area contributed by atoms with Crippen LogP contribution in [0.2, 0.25) is 0 Å². The first-order chi connectivity index (χ1) is 9.69. The number of nitrogens with two attached hydrogens (primary N) is 1. The van der Waals surface area contributed by atoms with Crippen LogP contribution < -0.4 is 11.4 Å². The molecule has 4 atom stereocenters. The van der Waals surface area contributed by atoms with E-state index in [2.05, 4.69) is 29.6 Å². The highest BCUT2D eigenvalue weighted by molar-refractivity contribution is 7.72. The molecule has 1 saturated heterocycles. The van der Waals surface area contributed by atoms with E-state index in [0.717, 1.165) is 17.1 Å². The Bertz CT molecular complexity index is 614. The minimum Gasteiger partial charge on any atom is -0.388 e. The molecule has 0 bridgehead atoms. The highest BCUT2D eigenvalue weighted by Gasteiger charge is 2.44. The Hall–Kier alpha value is -1.21. The molecule has 1 aromatic rings. The first-order valence-corrected chi connectivity index (χ1v) is 9.64. The Morgan fingerprint density at radius 2 is 2.14 bits per heavy atom. The maximum absolute atomic E-state index is 11.8. The molecule has 0 spiro atoms. The number of ether oxygens (including phenoxy) is 1. The quantitative estimate of drug-likeness (QED) is 0.605. The van der Waals surface area contributed by atoms with E-state index < -0.39 is 37.1 Å². The van der Waals surface area contributed by atoms with Crippen LogP contribution in [0.1, 0.15) is 12.6 Å². The smallest absolute Gasteiger partial charge is 0.354 e. The van der Waals surface area contributed by atoms with Crippen LogP contribution in [0.25, 0.3) is 0 Å². The third-order valence-corrected chi connectivity index (χ3v) is 4.84. The predicted molar refractivity (Wildman–Crippen MR) is 82.0 cm³/mol. The molecule has 0 aromatic carbocycles. The largest absolute Gasteiger partial charge is 0.388 e. The highest BCUT2D eigenvalue weighted by Crippen LogP contribution is 2.39. The van der Waals surface area contributed by atoms with E-state index in [-0.39, 0.29) is 5.95 Å². The first kappa shape index (κ1) is 16.2. The summed E-state index contributed by atoms with van der Waals surface area (Å²) in [5.41, 5.74) is 4.64. The molecule has 1 aliphatic rings. The zero-order chi connectivity index (χ0) is 15.8. The van der Waals surface area contributed by atoms with Gasteiger partial charge < -0.3 is 20.7 Å². The lowest BCUT2D eigenvalue weighted by molar-refractivity contribution is -0.0407. The second-order valence-electron chi connectivity index (χ2n) is 5.90. The lowest BCUT2D eigenvalue weighted by atomic mass is 10.1. The van der Waals surface area contributed by atoms with Gasteiger partial charge in [0, 0.05) is 0 Å². The van der Waals surface area contributed by atoms with Crippen LogP contribution >= 0.6 is 6.89 Å². The van der Waals surface area contributed by atoms with Crippen molar-refractivity contribution in [2.24, 2.45) is 0 Å². The summed E-state index contributed by atoms with van der Waals surface area (Å²) in [4.78, 5) is 18.9. The average Bonchev–Trinajstić information content (AvgIpc) is 2.64. The summed E-state index contributed by atoms with van der Waals surface area (Å²) in [6.45, 7) is 2.91. The van der Waals surface area contributed by atoms with E-state index in [0.29, 0.717) is 6.42 Å². The zero-order valence-electron chi connectivity index (χ0n) is 12.1. The number of nitrogens with zero attached hydrogens (tertiary/aromatic N) is 3. The van der Waals surface area contributed by atoms with Crippen molar-refractivity contribution < 1.29 is 14.9 Å². The third kappa shape index (κ3) is 3.71. The van der Waals surface area contributed by atoms with Crippen LogP contribution in [-0.2, 0) is 4.74 Å². The molecule has 1 aromatic heterocycles. The maximum atomic E-state index is 11.8. The fourth-order valence-corrected chi connectivity index (χ4v) is 3.16. The van der Waals surface area contributed by atoms with Gasteiger partial charge in [0.05, 0.1) is 6.10 Å². The summed E-state index contributed by atoms with van der Waals surface area (Å²) in [7, 11) is 0. The molecule has 0 radical (unpaired) electrons. The van der Waals surface area contributed by atoms with Crippen molar-refractivity contribution in [3.05, 3.63) is 16.8 Å². The molecular formula is C12H21N4O4P. The van der Waals surface area contributed by atoms with Gasteiger partial charge in [0.2, 0.25) is 5.95 Å². The lowest BCUT2D eigenvalue weighted by Crippen LogP contribution is -2.36. The van der Waals surface area contributed by atoms with Crippen LogP contribution in [0.15, 0.2) is 11.1 Å². The molecule has 9 heteroatoms. The van der Waals surface area contributed by atoms with E-state index in [1.165, 1.54) is 0 Å². The van der Waals surface area contributed by atoms with Gasteiger partial charge in [-0.15, -0.1) is 13.2 Å². The van der Waals surface area contributed by atoms with E-state index >= 15 is 0 Å². The van der Waals surface area contributed by atoms with Gasteiger partial charge in [-0.2, -0.15) is 4.98 Å². The van der Waals surface area contributed by atoms with Crippen molar-refractivity contribution >= 4 is 19.1 Å². The number of nitrogen functional groups attached to an aromatic ring is 1. The summed E-state index contributed by atoms with van der Waals surface area (Å²) >= 11 is 0. The summed E-state index contributed by atoms with van der Waals surface area (Å²) < 4.78 is 6.66. The zero-order valence-corrected chi connectivity index (χ0v) is 13.0. The van der Waals surface area contributed by atoms with Crippen LogP contribution in [0.3, 0.4) is 0 Å². The Morgan fingerprint density at radius 3 is 2.71 bits per heavy atom. The van der Waals surface area contributed by atoms with Gasteiger partial charge in [0.1, 0.15) is 18.5 Å². The van der Waals surface area contributed by atoms with Crippen molar-refractivity contribution in [2.45, 2.75) is 31.0 Å². The van der Waals surface area contributed by atoms with E-state index in [9.17, 15) is 15.0 Å². The second kappa shape index (κ2) is 5.88. The maximum Gasteiger partial charge on any atom is 0.354 e. The van der Waals surface area contributed by atoms with Crippen molar-refractivity contribution in [2.75, 3.05) is 25.2 Å². The SMILES string of the molecule is C=P(C)(C)CC[C@H]1O[C@@H](n2cnc(N)nc2=O)[C@H](O)[C@@H]1O. The second-order valence-corrected chi connectivity index (χ2v) is 10.2. The lowest BCUT2D eigenvalue weighted by Gasteiger charge is -2.18. The summed E-state index contributed by atoms with van der Waals surface area (Å²) in [5, 5.41) is 20.1. The number of aliphatic hydroxyl groups excluding tert-OH is 2. The van der Waals surface area contributed by atoms with Gasteiger partial charge in [-0.1, -0.05) is 0 Å². The van der Waals surface area contributed by atoms with Crippen molar-refractivity contribution in [1.29, 1.82) is 0 Å². The summed E-state index contributed by atoms with van der Waals surface area (Å²) in [5.74, 6) is -0.149. The minimum absolute atomic E-state index is 0.149. The fourth-order valence-electron chi connectivity index (χ4n) is 2.20. The van der Waals surface area contributed by atoms with Crippen molar-refractivity contribution in [3.63, 3.8) is 0 Å². The Morgan fingerprint density at radius 1 is 1.48 bits per heavy atom. The molecule has 21 heavy (non-hydrogen) atoms. The van der Waals surface area contributed by atoms with Crippen LogP contribution in [0.5, 0.6) is 0 Å². The van der Waals surface area contributed by atoms with Gasteiger partial charge in [0.25, 0.3) is 0 Å². The molecule has 118 valence electrons. The Balaban J connectivity index is 2.16. The van der Waals surface area contributed by atoms with E-state index in [4.69, 9.17) is 10.5 Å². The number of anilines is 1. The normalized spacial score (nSPS) is 29.7. The molecular weight excluding hydrogens is 295 g/mol. The fraction of sp³-hybridized carbons (Fsp3) is 0.667. The van der Waals surface area contributed by atoms with Gasteiger partial charge in [0.15, 0.2) is 6.23 Å². The molecule has 0 aliphatic carbocycles. The molecule has 1 fully saturated rings. The molecule has 0 saturated carbocycles. The Labute approximate surface area is 122 Å². The minimum atomic E-state index is -1.25. The average molecular weight is 316 g/mol. The van der Waals surface area contributed by atoms with Gasteiger partial charge in [-0.3, -0.25) is 4.57 Å². The summed E-state index contributed by atoms with van der Waals surface area (Å²) in [6, 6.07) is 0. The van der Waals surface area contributed by atoms with Crippen LogP contribution in [0, 0.1) is 0 Å². The predicted octanol–water partition coefficient (Wildman–Crippen LogP) is -1.06. The van der Waals surface area contributed by atoms with Gasteiger partial charge in [-0.05, 0) is 25.9 Å². The number of hydrogen-bond donors (Lipinski definition) is 3. The molecule has 8 nitrogen and oxygen atoms in total. The topological polar surface area (TPSA) is 123 Å². The Kier molecular flexibility index (Phi) is 4.53. The summed E-state index contributed by atoms with van der Waals surface area (Å²) in [6.07, 6.45) is 2.82. The third-order valence-electron chi connectivity index (χ3n) is 3.38. The first-order valence-electron chi connectivity index (χ1n) is 6.58. The van der Waals surface area contributed by atoms with E-state index in [1.54, 1.807) is 0 Å².